The van der Waals surface area contributed by atoms with E-state index < -0.39 is 11.5 Å². The van der Waals surface area contributed by atoms with Crippen molar-refractivity contribution in [3.63, 3.8) is 0 Å². The zero-order chi connectivity index (χ0) is 35.8. The predicted octanol–water partition coefficient (Wildman–Crippen LogP) is 12.7. The summed E-state index contributed by atoms with van der Waals surface area (Å²) in [6.45, 7) is 0. The highest BCUT2D eigenvalue weighted by atomic mass is 14.4. The molecule has 0 aliphatic carbocycles. The minimum atomic E-state index is -1.49. The van der Waals surface area contributed by atoms with Gasteiger partial charge in [-0.15, -0.1) is 0 Å². The number of rotatable bonds is 12. The lowest BCUT2D eigenvalue weighted by Gasteiger charge is -2.60. The summed E-state index contributed by atoms with van der Waals surface area (Å²) in [5.41, 5.74) is 13.0. The summed E-state index contributed by atoms with van der Waals surface area (Å²) in [7, 11) is 0. The van der Waals surface area contributed by atoms with Crippen molar-refractivity contribution in [3.8, 4) is 22.3 Å². The summed E-state index contributed by atoms with van der Waals surface area (Å²) in [4.78, 5) is 0. The summed E-state index contributed by atoms with van der Waals surface area (Å²) in [6.07, 6.45) is 1.26. The van der Waals surface area contributed by atoms with Gasteiger partial charge in [-0.25, -0.2) is 0 Å². The molecule has 0 atom stereocenters. The molecule has 0 saturated carbocycles. The molecule has 0 aliphatic rings. The third-order valence-corrected chi connectivity index (χ3v) is 11.4. The van der Waals surface area contributed by atoms with Crippen LogP contribution in [0.3, 0.4) is 0 Å². The second kappa shape index (κ2) is 15.6. The summed E-state index contributed by atoms with van der Waals surface area (Å²) in [6, 6.07) is 85.7. The lowest BCUT2D eigenvalue weighted by molar-refractivity contribution is 0.783. The van der Waals surface area contributed by atoms with Crippen molar-refractivity contribution in [1.82, 2.24) is 0 Å². The van der Waals surface area contributed by atoms with Crippen molar-refractivity contribution in [2.75, 3.05) is 0 Å². The third-order valence-electron chi connectivity index (χ3n) is 11.4. The van der Waals surface area contributed by atoms with Crippen LogP contribution in [0.2, 0.25) is 0 Å². The summed E-state index contributed by atoms with van der Waals surface area (Å²) in [5, 5.41) is -0.569. The van der Waals surface area contributed by atoms with E-state index in [-0.39, 0.29) is 0 Å². The van der Waals surface area contributed by atoms with Crippen molar-refractivity contribution < 1.29 is 0 Å². The average molecular weight is 680 g/mol. The Kier molecular flexibility index (Phi) is 9.99. The molecule has 53 heavy (non-hydrogen) atoms. The molecular formula is C52H44B-. The summed E-state index contributed by atoms with van der Waals surface area (Å²) >= 11 is 0. The maximum atomic E-state index is 2.45. The second-order valence-corrected chi connectivity index (χ2v) is 14.5. The van der Waals surface area contributed by atoms with Gasteiger partial charge in [-0.3, -0.25) is 0 Å². The van der Waals surface area contributed by atoms with E-state index in [0.717, 1.165) is 19.0 Å². The first-order valence-corrected chi connectivity index (χ1v) is 18.9. The molecule has 8 rings (SSSR count). The van der Waals surface area contributed by atoms with E-state index in [4.69, 9.17) is 0 Å². The van der Waals surface area contributed by atoms with Crippen LogP contribution in [0.1, 0.15) is 33.4 Å². The van der Waals surface area contributed by atoms with Crippen LogP contribution in [-0.2, 0) is 24.3 Å². The Morgan fingerprint density at radius 3 is 1.04 bits per heavy atom. The predicted molar refractivity (Wildman–Crippen MR) is 226 cm³/mol. The van der Waals surface area contributed by atoms with Crippen LogP contribution < -0.4 is 0 Å². The molecule has 0 nitrogen and oxygen atoms in total. The first kappa shape index (κ1) is 33.9. The van der Waals surface area contributed by atoms with Crippen LogP contribution in [0.25, 0.3) is 22.3 Å². The Morgan fingerprint density at radius 2 is 0.642 bits per heavy atom. The molecule has 0 spiro atoms. The zero-order valence-corrected chi connectivity index (χ0v) is 30.1. The minimum Gasteiger partial charge on any atom is -0.151 e. The molecule has 0 fully saturated rings. The summed E-state index contributed by atoms with van der Waals surface area (Å²) < 4.78 is 0. The Labute approximate surface area is 315 Å². The van der Waals surface area contributed by atoms with Crippen LogP contribution in [0.15, 0.2) is 231 Å². The van der Waals surface area contributed by atoms with E-state index in [9.17, 15) is 0 Å². The first-order chi connectivity index (χ1) is 26.3. The fourth-order valence-corrected chi connectivity index (χ4v) is 9.44. The van der Waals surface area contributed by atoms with E-state index in [0.29, 0.717) is 0 Å². The third kappa shape index (κ3) is 6.79. The monoisotopic (exact) mass is 679 g/mol. The molecule has 0 bridgehead atoms. The van der Waals surface area contributed by atoms with Crippen molar-refractivity contribution in [2.24, 2.45) is 0 Å². The Hall–Kier alpha value is -6.18. The maximum Gasteiger partial charge on any atom is 0.0353 e. The minimum absolute atomic E-state index is 0.569. The lowest BCUT2D eigenvalue weighted by Crippen LogP contribution is -2.63. The van der Waals surface area contributed by atoms with Crippen LogP contribution >= 0.6 is 0 Å². The van der Waals surface area contributed by atoms with E-state index >= 15 is 0 Å². The molecule has 256 valence electrons. The Bertz CT molecular complexity index is 2180. The van der Waals surface area contributed by atoms with Crippen LogP contribution in [-0.4, -0.2) is 6.15 Å². The van der Waals surface area contributed by atoms with Gasteiger partial charge in [0, 0.05) is 6.15 Å². The molecule has 0 amide bonds. The van der Waals surface area contributed by atoms with E-state index in [1.807, 2.05) is 0 Å². The van der Waals surface area contributed by atoms with Crippen molar-refractivity contribution >= 4 is 6.15 Å². The average Bonchev–Trinajstić information content (AvgIpc) is 3.23. The Morgan fingerprint density at radius 1 is 0.302 bits per heavy atom. The molecule has 0 saturated heterocycles. The molecule has 0 aromatic heterocycles. The van der Waals surface area contributed by atoms with Crippen LogP contribution in [0, 0.1) is 0 Å². The van der Waals surface area contributed by atoms with Gasteiger partial charge in [0.15, 0.2) is 0 Å². The lowest BCUT2D eigenvalue weighted by atomic mass is 9.06. The largest absolute Gasteiger partial charge is 0.151 e. The molecule has 8 aromatic rings. The summed E-state index contributed by atoms with van der Waals surface area (Å²) in [5.74, 6) is 0. The molecule has 1 heteroatoms. The second-order valence-electron chi connectivity index (χ2n) is 14.5. The topological polar surface area (TPSA) is 0 Å². The number of hydrogen-bond acceptors (Lipinski definition) is 0. The van der Waals surface area contributed by atoms with Gasteiger partial charge in [-0.2, -0.15) is 19.0 Å². The van der Waals surface area contributed by atoms with Gasteiger partial charge in [-0.05, 0) is 22.3 Å². The Balaban J connectivity index is 1.59. The quantitative estimate of drug-likeness (QED) is 0.0891. The first-order valence-electron chi connectivity index (χ1n) is 18.9. The van der Waals surface area contributed by atoms with E-state index in [2.05, 4.69) is 231 Å². The highest BCUT2D eigenvalue weighted by Crippen LogP contribution is 2.54. The molecule has 0 radical (unpaired) electrons. The molecule has 0 N–H and O–H groups in total. The van der Waals surface area contributed by atoms with Gasteiger partial charge < -0.3 is 0 Å². The van der Waals surface area contributed by atoms with Crippen LogP contribution in [0.5, 0.6) is 0 Å². The van der Waals surface area contributed by atoms with Gasteiger partial charge >= 0.3 is 0 Å². The van der Waals surface area contributed by atoms with Crippen LogP contribution in [0.4, 0.5) is 0 Å². The normalized spacial score (nSPS) is 11.6. The SMILES string of the molecule is c1ccc(C[B-](Cc2ccccc2)(Cc2ccccc2)C(c2ccccc2)(c2ccccc2)c2cccc(-c3ccccc3)c2-c2ccccc2)cc1. The number of benzene rings is 8. The maximum absolute atomic E-state index is 2.45. The molecule has 0 unspecified atom stereocenters. The van der Waals surface area contributed by atoms with Crippen molar-refractivity contribution in [1.29, 1.82) is 0 Å². The fourth-order valence-electron chi connectivity index (χ4n) is 9.44. The fraction of sp³-hybridized carbons (Fsp3) is 0.0769. The molecule has 8 aromatic carbocycles. The number of hydrogen-bond donors (Lipinski definition) is 0. The van der Waals surface area contributed by atoms with E-state index in [1.165, 1.54) is 55.6 Å². The van der Waals surface area contributed by atoms with Gasteiger partial charge in [0.25, 0.3) is 0 Å². The van der Waals surface area contributed by atoms with E-state index in [1.54, 1.807) is 0 Å². The van der Waals surface area contributed by atoms with Gasteiger partial charge in [0.1, 0.15) is 0 Å². The highest BCUT2D eigenvalue weighted by molar-refractivity contribution is 6.82. The molecule has 0 aliphatic heterocycles. The van der Waals surface area contributed by atoms with Crippen molar-refractivity contribution in [3.05, 3.63) is 264 Å². The highest BCUT2D eigenvalue weighted by Gasteiger charge is 2.50. The van der Waals surface area contributed by atoms with Gasteiger partial charge in [-0.1, -0.05) is 269 Å². The van der Waals surface area contributed by atoms with Gasteiger partial charge in [0.2, 0.25) is 0 Å². The smallest absolute Gasteiger partial charge is 0.0353 e. The molecule has 0 heterocycles. The zero-order valence-electron chi connectivity index (χ0n) is 30.1. The van der Waals surface area contributed by atoms with Gasteiger partial charge in [0.05, 0.1) is 0 Å². The van der Waals surface area contributed by atoms with Crippen molar-refractivity contribution in [2.45, 2.75) is 24.3 Å². The standard InChI is InChI=1S/C52H44B/c1-8-23-42(24-9-1)39-53(40-43-25-10-2-11-26-43,41-44-27-12-3-13-28-44)52(47-33-18-6-19-34-47,48-35-20-7-21-36-48)50-38-22-37-49(45-29-14-4-15-30-45)51(50)46-31-16-5-17-32-46/h1-38H,39-41H2/q-1. The molecular weight excluding hydrogens is 635 g/mol.